The van der Waals surface area contributed by atoms with Gasteiger partial charge in [0.1, 0.15) is 0 Å². The molecule has 0 bridgehead atoms. The van der Waals surface area contributed by atoms with Gasteiger partial charge in [-0.3, -0.25) is 9.69 Å². The summed E-state index contributed by atoms with van der Waals surface area (Å²) in [6.07, 6.45) is 4.28. The SMILES string of the molecule is O=C(Cc1ccc(Cl)cc1)Nc1cccc(CN2CCCCC2)c1. The summed E-state index contributed by atoms with van der Waals surface area (Å²) in [4.78, 5) is 14.7. The number of benzene rings is 2. The molecule has 1 N–H and O–H groups in total. The van der Waals surface area contributed by atoms with Crippen molar-refractivity contribution in [3.8, 4) is 0 Å². The molecule has 0 radical (unpaired) electrons. The first-order valence-corrected chi connectivity index (χ1v) is 8.92. The highest BCUT2D eigenvalue weighted by molar-refractivity contribution is 6.30. The molecule has 3 rings (SSSR count). The van der Waals surface area contributed by atoms with E-state index in [2.05, 4.69) is 22.3 Å². The summed E-state index contributed by atoms with van der Waals surface area (Å²) in [7, 11) is 0. The Labute approximate surface area is 148 Å². The molecule has 4 heteroatoms. The number of carbonyl (C=O) groups excluding carboxylic acids is 1. The quantitative estimate of drug-likeness (QED) is 0.867. The van der Waals surface area contributed by atoms with Gasteiger partial charge < -0.3 is 5.32 Å². The molecule has 3 nitrogen and oxygen atoms in total. The van der Waals surface area contributed by atoms with Crippen LogP contribution in [0.25, 0.3) is 0 Å². The fourth-order valence-electron chi connectivity index (χ4n) is 3.12. The van der Waals surface area contributed by atoms with Crippen molar-refractivity contribution < 1.29 is 4.79 Å². The molecular formula is C20H23ClN2O. The number of anilines is 1. The Hall–Kier alpha value is -1.84. The Morgan fingerprint density at radius 2 is 1.75 bits per heavy atom. The second-order valence-corrected chi connectivity index (χ2v) is 6.83. The zero-order chi connectivity index (χ0) is 16.8. The highest BCUT2D eigenvalue weighted by atomic mass is 35.5. The van der Waals surface area contributed by atoms with Gasteiger partial charge in [0.15, 0.2) is 0 Å². The second kappa shape index (κ2) is 8.32. The number of hydrogen-bond donors (Lipinski definition) is 1. The Morgan fingerprint density at radius 3 is 2.50 bits per heavy atom. The Balaban J connectivity index is 1.57. The van der Waals surface area contributed by atoms with Crippen molar-refractivity contribution in [2.75, 3.05) is 18.4 Å². The van der Waals surface area contributed by atoms with Crippen LogP contribution in [-0.2, 0) is 17.8 Å². The summed E-state index contributed by atoms with van der Waals surface area (Å²) >= 11 is 5.87. The van der Waals surface area contributed by atoms with E-state index < -0.39 is 0 Å². The van der Waals surface area contributed by atoms with Crippen molar-refractivity contribution in [3.63, 3.8) is 0 Å². The van der Waals surface area contributed by atoms with Crippen LogP contribution in [0, 0.1) is 0 Å². The summed E-state index contributed by atoms with van der Waals surface area (Å²) in [5.41, 5.74) is 3.08. The lowest BCUT2D eigenvalue weighted by Gasteiger charge is -2.26. The first-order valence-electron chi connectivity index (χ1n) is 8.55. The number of nitrogens with one attached hydrogen (secondary N) is 1. The lowest BCUT2D eigenvalue weighted by Crippen LogP contribution is -2.29. The average Bonchev–Trinajstić information content (AvgIpc) is 2.58. The predicted molar refractivity (Wildman–Crippen MR) is 99.4 cm³/mol. The molecule has 24 heavy (non-hydrogen) atoms. The minimum Gasteiger partial charge on any atom is -0.326 e. The molecule has 2 aromatic carbocycles. The Bertz CT molecular complexity index is 678. The minimum absolute atomic E-state index is 0.00700. The number of rotatable bonds is 5. The lowest BCUT2D eigenvalue weighted by atomic mass is 10.1. The highest BCUT2D eigenvalue weighted by Gasteiger charge is 2.11. The number of hydrogen-bond acceptors (Lipinski definition) is 2. The van der Waals surface area contributed by atoms with Gasteiger partial charge >= 0.3 is 0 Å². The zero-order valence-electron chi connectivity index (χ0n) is 13.8. The number of carbonyl (C=O) groups is 1. The van der Waals surface area contributed by atoms with Crippen molar-refractivity contribution in [1.82, 2.24) is 4.90 Å². The van der Waals surface area contributed by atoms with E-state index in [1.807, 2.05) is 36.4 Å². The first-order chi connectivity index (χ1) is 11.7. The number of amides is 1. The van der Waals surface area contributed by atoms with E-state index in [0.29, 0.717) is 11.4 Å². The first kappa shape index (κ1) is 17.0. The van der Waals surface area contributed by atoms with Crippen molar-refractivity contribution in [2.45, 2.75) is 32.2 Å². The highest BCUT2D eigenvalue weighted by Crippen LogP contribution is 2.17. The standard InChI is InChI=1S/C20H23ClN2O/c21-18-9-7-16(8-10-18)14-20(24)22-19-6-4-5-17(13-19)15-23-11-2-1-3-12-23/h4-10,13H,1-3,11-12,14-15H2,(H,22,24). The summed E-state index contributed by atoms with van der Waals surface area (Å²) in [5.74, 6) is -0.00700. The third kappa shape index (κ3) is 5.08. The molecule has 1 amide bonds. The minimum atomic E-state index is -0.00700. The summed E-state index contributed by atoms with van der Waals surface area (Å²) in [6, 6.07) is 15.5. The molecule has 0 saturated carbocycles. The molecular weight excluding hydrogens is 320 g/mol. The molecule has 0 spiro atoms. The van der Waals surface area contributed by atoms with Gasteiger partial charge in [-0.15, -0.1) is 0 Å². The van der Waals surface area contributed by atoms with E-state index in [-0.39, 0.29) is 5.91 Å². The van der Waals surface area contributed by atoms with E-state index in [1.54, 1.807) is 0 Å². The van der Waals surface area contributed by atoms with E-state index in [4.69, 9.17) is 11.6 Å². The van der Waals surface area contributed by atoms with Gasteiger partial charge in [0.05, 0.1) is 6.42 Å². The molecule has 0 aliphatic carbocycles. The van der Waals surface area contributed by atoms with Gasteiger partial charge in [0, 0.05) is 17.3 Å². The van der Waals surface area contributed by atoms with Crippen LogP contribution in [0.2, 0.25) is 5.02 Å². The van der Waals surface area contributed by atoms with Gasteiger partial charge in [0.25, 0.3) is 0 Å². The lowest BCUT2D eigenvalue weighted by molar-refractivity contribution is -0.115. The molecule has 126 valence electrons. The summed E-state index contributed by atoms with van der Waals surface area (Å²) in [6.45, 7) is 3.31. The summed E-state index contributed by atoms with van der Waals surface area (Å²) in [5, 5.41) is 3.68. The van der Waals surface area contributed by atoms with Gasteiger partial charge in [0.2, 0.25) is 5.91 Å². The van der Waals surface area contributed by atoms with Crippen molar-refractivity contribution in [2.24, 2.45) is 0 Å². The number of halogens is 1. The average molecular weight is 343 g/mol. The third-order valence-corrected chi connectivity index (χ3v) is 4.60. The fourth-order valence-corrected chi connectivity index (χ4v) is 3.24. The topological polar surface area (TPSA) is 32.3 Å². The number of likely N-dealkylation sites (tertiary alicyclic amines) is 1. The van der Waals surface area contributed by atoms with Gasteiger partial charge in [-0.2, -0.15) is 0 Å². The van der Waals surface area contributed by atoms with E-state index in [0.717, 1.165) is 17.8 Å². The molecule has 0 aromatic heterocycles. The van der Waals surface area contributed by atoms with Crippen LogP contribution in [0.5, 0.6) is 0 Å². The molecule has 0 unspecified atom stereocenters. The van der Waals surface area contributed by atoms with E-state index >= 15 is 0 Å². The molecule has 1 aliphatic heterocycles. The maximum absolute atomic E-state index is 12.2. The van der Waals surface area contributed by atoms with Gasteiger partial charge in [-0.1, -0.05) is 42.3 Å². The largest absolute Gasteiger partial charge is 0.326 e. The molecule has 1 aliphatic rings. The van der Waals surface area contributed by atoms with Crippen LogP contribution in [-0.4, -0.2) is 23.9 Å². The number of piperidine rings is 1. The van der Waals surface area contributed by atoms with Crippen LogP contribution in [0.3, 0.4) is 0 Å². The Kier molecular flexibility index (Phi) is 5.89. The Morgan fingerprint density at radius 1 is 1.00 bits per heavy atom. The van der Waals surface area contributed by atoms with Crippen LogP contribution in [0.1, 0.15) is 30.4 Å². The van der Waals surface area contributed by atoms with Crippen LogP contribution < -0.4 is 5.32 Å². The molecule has 1 saturated heterocycles. The van der Waals surface area contributed by atoms with Crippen LogP contribution in [0.4, 0.5) is 5.69 Å². The van der Waals surface area contributed by atoms with Gasteiger partial charge in [-0.05, 0) is 61.3 Å². The van der Waals surface area contributed by atoms with E-state index in [9.17, 15) is 4.79 Å². The maximum atomic E-state index is 12.2. The molecule has 1 fully saturated rings. The maximum Gasteiger partial charge on any atom is 0.228 e. The molecule has 1 heterocycles. The van der Waals surface area contributed by atoms with E-state index in [1.165, 1.54) is 37.9 Å². The third-order valence-electron chi connectivity index (χ3n) is 4.34. The molecule has 2 aromatic rings. The fraction of sp³-hybridized carbons (Fsp3) is 0.350. The summed E-state index contributed by atoms with van der Waals surface area (Å²) < 4.78 is 0. The molecule has 0 atom stereocenters. The monoisotopic (exact) mass is 342 g/mol. The van der Waals surface area contributed by atoms with Crippen LogP contribution in [0.15, 0.2) is 48.5 Å². The van der Waals surface area contributed by atoms with Crippen molar-refractivity contribution in [1.29, 1.82) is 0 Å². The predicted octanol–water partition coefficient (Wildman–Crippen LogP) is 4.51. The zero-order valence-corrected chi connectivity index (χ0v) is 14.6. The van der Waals surface area contributed by atoms with Crippen LogP contribution >= 0.6 is 11.6 Å². The normalized spacial score (nSPS) is 15.2. The van der Waals surface area contributed by atoms with Crippen molar-refractivity contribution in [3.05, 3.63) is 64.7 Å². The smallest absolute Gasteiger partial charge is 0.228 e. The number of nitrogens with zero attached hydrogens (tertiary/aromatic N) is 1. The second-order valence-electron chi connectivity index (χ2n) is 6.39. The van der Waals surface area contributed by atoms with Gasteiger partial charge in [-0.25, -0.2) is 0 Å². The van der Waals surface area contributed by atoms with Crippen molar-refractivity contribution >= 4 is 23.2 Å².